The third kappa shape index (κ3) is 5.38. The molecule has 0 bridgehead atoms. The van der Waals surface area contributed by atoms with Crippen LogP contribution in [0.4, 0.5) is 0 Å². The minimum absolute atomic E-state index is 0.0201. The van der Waals surface area contributed by atoms with E-state index in [0.29, 0.717) is 24.7 Å². The molecule has 1 heterocycles. The summed E-state index contributed by atoms with van der Waals surface area (Å²) in [6, 6.07) is 4.85. The Balaban J connectivity index is 1.54. The maximum absolute atomic E-state index is 12.6. The molecule has 0 saturated heterocycles. The molecule has 3 rings (SSSR count). The van der Waals surface area contributed by atoms with Crippen molar-refractivity contribution in [3.63, 3.8) is 0 Å². The lowest BCUT2D eigenvalue weighted by molar-refractivity contribution is -0.132. The van der Waals surface area contributed by atoms with Crippen LogP contribution in [0, 0.1) is 0 Å². The van der Waals surface area contributed by atoms with Gasteiger partial charge in [-0.1, -0.05) is 25.7 Å². The topological polar surface area (TPSA) is 84.9 Å². The number of ether oxygens (including phenoxy) is 2. The van der Waals surface area contributed by atoms with Crippen molar-refractivity contribution in [1.29, 1.82) is 0 Å². The van der Waals surface area contributed by atoms with Gasteiger partial charge in [0.15, 0.2) is 11.5 Å². The Morgan fingerprint density at radius 2 is 1.75 bits per heavy atom. The van der Waals surface area contributed by atoms with Crippen molar-refractivity contribution in [2.24, 2.45) is 0 Å². The molecule has 1 saturated carbocycles. The first kappa shape index (κ1) is 20.9. The van der Waals surface area contributed by atoms with Crippen LogP contribution in [0.15, 0.2) is 23.1 Å². The van der Waals surface area contributed by atoms with Crippen LogP contribution in [0.5, 0.6) is 11.5 Å². The van der Waals surface area contributed by atoms with Gasteiger partial charge in [-0.15, -0.1) is 0 Å². The smallest absolute Gasteiger partial charge is 0.240 e. The molecule has 2 aliphatic rings. The molecular formula is C20H30N2O5S. The van der Waals surface area contributed by atoms with Gasteiger partial charge in [-0.3, -0.25) is 4.79 Å². The first-order valence-electron chi connectivity index (χ1n) is 10.1. The maximum Gasteiger partial charge on any atom is 0.240 e. The monoisotopic (exact) mass is 410 g/mol. The standard InChI is InChI=1S/C20H30N2O5S/c1-22(16-7-4-2-3-5-8-16)20(23)11-12-21-28(24,25)17-9-10-18-19(15-17)27-14-6-13-26-18/h9-10,15-16,21H,2-8,11-14H2,1H3. The maximum atomic E-state index is 12.6. The molecule has 1 fully saturated rings. The van der Waals surface area contributed by atoms with E-state index in [0.717, 1.165) is 32.1 Å². The predicted octanol–water partition coefficient (Wildman–Crippen LogP) is 2.70. The highest BCUT2D eigenvalue weighted by molar-refractivity contribution is 7.89. The van der Waals surface area contributed by atoms with Gasteiger partial charge in [0.25, 0.3) is 0 Å². The molecule has 1 N–H and O–H groups in total. The highest BCUT2D eigenvalue weighted by Gasteiger charge is 2.22. The number of carbonyl (C=O) groups excluding carboxylic acids is 1. The summed E-state index contributed by atoms with van der Waals surface area (Å²) < 4.78 is 38.8. The summed E-state index contributed by atoms with van der Waals surface area (Å²) in [4.78, 5) is 14.4. The Morgan fingerprint density at radius 1 is 1.07 bits per heavy atom. The first-order valence-corrected chi connectivity index (χ1v) is 11.6. The van der Waals surface area contributed by atoms with Crippen LogP contribution in [0.25, 0.3) is 0 Å². The molecule has 0 spiro atoms. The van der Waals surface area contributed by atoms with Crippen molar-refractivity contribution in [1.82, 2.24) is 9.62 Å². The van der Waals surface area contributed by atoms with Crippen LogP contribution in [0.1, 0.15) is 51.4 Å². The Labute approximate surface area is 167 Å². The number of sulfonamides is 1. The number of benzene rings is 1. The number of hydrogen-bond acceptors (Lipinski definition) is 5. The van der Waals surface area contributed by atoms with Crippen LogP contribution in [-0.2, 0) is 14.8 Å². The van der Waals surface area contributed by atoms with E-state index in [-0.39, 0.29) is 29.8 Å². The molecular weight excluding hydrogens is 380 g/mol. The summed E-state index contributed by atoms with van der Waals surface area (Å²) in [5.74, 6) is 0.967. The Morgan fingerprint density at radius 3 is 2.46 bits per heavy atom. The average molecular weight is 411 g/mol. The van der Waals surface area contributed by atoms with E-state index in [2.05, 4.69) is 4.72 Å². The van der Waals surface area contributed by atoms with Crippen LogP contribution in [0.2, 0.25) is 0 Å². The fraction of sp³-hybridized carbons (Fsp3) is 0.650. The zero-order valence-corrected chi connectivity index (χ0v) is 17.3. The van der Waals surface area contributed by atoms with Crippen molar-refractivity contribution in [3.05, 3.63) is 18.2 Å². The highest BCUT2D eigenvalue weighted by Crippen LogP contribution is 2.31. The molecule has 0 atom stereocenters. The summed E-state index contributed by atoms with van der Waals surface area (Å²) in [6.45, 7) is 1.12. The molecule has 7 nitrogen and oxygen atoms in total. The lowest BCUT2D eigenvalue weighted by Crippen LogP contribution is -2.38. The summed E-state index contributed by atoms with van der Waals surface area (Å²) in [5.41, 5.74) is 0. The summed E-state index contributed by atoms with van der Waals surface area (Å²) in [5, 5.41) is 0. The van der Waals surface area contributed by atoms with E-state index >= 15 is 0 Å². The number of amides is 1. The molecule has 1 aliphatic heterocycles. The third-order valence-electron chi connectivity index (χ3n) is 5.43. The van der Waals surface area contributed by atoms with Gasteiger partial charge in [0.1, 0.15) is 0 Å². The van der Waals surface area contributed by atoms with E-state index < -0.39 is 10.0 Å². The molecule has 1 amide bonds. The molecule has 8 heteroatoms. The molecule has 1 aromatic rings. The van der Waals surface area contributed by atoms with E-state index in [1.807, 2.05) is 7.05 Å². The molecule has 0 aromatic heterocycles. The fourth-order valence-electron chi connectivity index (χ4n) is 3.71. The van der Waals surface area contributed by atoms with Crippen molar-refractivity contribution >= 4 is 15.9 Å². The van der Waals surface area contributed by atoms with Crippen LogP contribution >= 0.6 is 0 Å². The van der Waals surface area contributed by atoms with Crippen LogP contribution < -0.4 is 14.2 Å². The van der Waals surface area contributed by atoms with Gasteiger partial charge in [0, 0.05) is 38.5 Å². The lowest BCUT2D eigenvalue weighted by Gasteiger charge is -2.27. The summed E-state index contributed by atoms with van der Waals surface area (Å²) in [6.07, 6.45) is 7.73. The number of nitrogens with one attached hydrogen (secondary N) is 1. The van der Waals surface area contributed by atoms with Gasteiger partial charge in [0.2, 0.25) is 15.9 Å². The second kappa shape index (κ2) is 9.60. The zero-order chi connectivity index (χ0) is 20.0. The quantitative estimate of drug-likeness (QED) is 0.729. The molecule has 0 radical (unpaired) electrons. The second-order valence-corrected chi connectivity index (χ2v) is 9.22. The van der Waals surface area contributed by atoms with Gasteiger partial charge in [-0.25, -0.2) is 13.1 Å². The van der Waals surface area contributed by atoms with Crippen LogP contribution in [-0.4, -0.2) is 52.1 Å². The van der Waals surface area contributed by atoms with E-state index in [4.69, 9.17) is 9.47 Å². The van der Waals surface area contributed by atoms with E-state index in [1.165, 1.54) is 25.0 Å². The minimum Gasteiger partial charge on any atom is -0.490 e. The molecule has 1 aliphatic carbocycles. The highest BCUT2D eigenvalue weighted by atomic mass is 32.2. The van der Waals surface area contributed by atoms with Gasteiger partial charge in [-0.05, 0) is 25.0 Å². The average Bonchev–Trinajstić information content (AvgIpc) is 3.09. The Kier molecular flexibility index (Phi) is 7.18. The van der Waals surface area contributed by atoms with Gasteiger partial charge in [0.05, 0.1) is 18.1 Å². The molecule has 0 unspecified atom stereocenters. The predicted molar refractivity (Wildman–Crippen MR) is 106 cm³/mol. The summed E-state index contributed by atoms with van der Waals surface area (Å²) in [7, 11) is -1.88. The third-order valence-corrected chi connectivity index (χ3v) is 6.88. The van der Waals surface area contributed by atoms with E-state index in [9.17, 15) is 13.2 Å². The van der Waals surface area contributed by atoms with Gasteiger partial charge >= 0.3 is 0 Å². The number of hydrogen-bond donors (Lipinski definition) is 1. The lowest BCUT2D eigenvalue weighted by atomic mass is 10.1. The van der Waals surface area contributed by atoms with Gasteiger partial charge < -0.3 is 14.4 Å². The van der Waals surface area contributed by atoms with Crippen molar-refractivity contribution in [3.8, 4) is 11.5 Å². The fourth-order valence-corrected chi connectivity index (χ4v) is 4.76. The van der Waals surface area contributed by atoms with Crippen molar-refractivity contribution in [2.75, 3.05) is 26.8 Å². The van der Waals surface area contributed by atoms with E-state index in [1.54, 1.807) is 11.0 Å². The number of nitrogens with zero attached hydrogens (tertiary/aromatic N) is 1. The normalized spacial score (nSPS) is 18.2. The molecule has 1 aromatic carbocycles. The number of rotatable bonds is 6. The largest absolute Gasteiger partial charge is 0.490 e. The SMILES string of the molecule is CN(C(=O)CCNS(=O)(=O)c1ccc2c(c1)OCCCO2)C1CCCCCC1. The number of carbonyl (C=O) groups is 1. The zero-order valence-electron chi connectivity index (χ0n) is 16.5. The van der Waals surface area contributed by atoms with Crippen molar-refractivity contribution in [2.45, 2.75) is 62.3 Å². The first-order chi connectivity index (χ1) is 13.5. The summed E-state index contributed by atoms with van der Waals surface area (Å²) >= 11 is 0. The number of fused-ring (bicyclic) bond motifs is 1. The van der Waals surface area contributed by atoms with Crippen molar-refractivity contribution < 1.29 is 22.7 Å². The van der Waals surface area contributed by atoms with Gasteiger partial charge in [-0.2, -0.15) is 0 Å². The minimum atomic E-state index is -3.71. The molecule has 28 heavy (non-hydrogen) atoms. The Bertz CT molecular complexity index is 773. The second-order valence-electron chi connectivity index (χ2n) is 7.46. The molecule has 156 valence electrons. The Hall–Kier alpha value is -1.80. The van der Waals surface area contributed by atoms with Crippen LogP contribution in [0.3, 0.4) is 0 Å².